The molecule has 0 saturated heterocycles. The van der Waals surface area contributed by atoms with Gasteiger partial charge < -0.3 is 10.1 Å². The number of halogens is 1. The summed E-state index contributed by atoms with van der Waals surface area (Å²) >= 11 is 0. The molecule has 0 bridgehead atoms. The molecular formula is C12H17FN2O4S. The molecule has 0 saturated carbocycles. The molecule has 8 heteroatoms. The molecule has 0 aliphatic carbocycles. The van der Waals surface area contributed by atoms with Crippen LogP contribution < -0.4 is 10.0 Å². The fourth-order valence-corrected chi connectivity index (χ4v) is 1.97. The van der Waals surface area contributed by atoms with Crippen LogP contribution in [0, 0.1) is 5.82 Å². The fraction of sp³-hybridized carbons (Fsp3) is 0.417. The minimum absolute atomic E-state index is 0.116. The van der Waals surface area contributed by atoms with Crippen LogP contribution in [0.3, 0.4) is 0 Å². The van der Waals surface area contributed by atoms with Crippen molar-refractivity contribution >= 4 is 16.0 Å². The summed E-state index contributed by atoms with van der Waals surface area (Å²) in [5, 5.41) is 2.95. The molecule has 1 aromatic rings. The third-order valence-corrected chi connectivity index (χ3v) is 3.16. The summed E-state index contributed by atoms with van der Waals surface area (Å²) in [6, 6.07) is 4.20. The van der Waals surface area contributed by atoms with Gasteiger partial charge in [-0.25, -0.2) is 22.3 Å². The van der Waals surface area contributed by atoms with Crippen molar-refractivity contribution in [3.8, 4) is 0 Å². The van der Waals surface area contributed by atoms with Crippen LogP contribution in [0.5, 0.6) is 0 Å². The first kappa shape index (κ1) is 16.5. The summed E-state index contributed by atoms with van der Waals surface area (Å²) < 4.78 is 42.0. The number of hydrogen-bond donors (Lipinski definition) is 2. The van der Waals surface area contributed by atoms with Gasteiger partial charge in [0.05, 0.1) is 18.9 Å². The van der Waals surface area contributed by atoms with Crippen molar-refractivity contribution in [3.05, 3.63) is 35.1 Å². The van der Waals surface area contributed by atoms with Crippen LogP contribution in [0.15, 0.2) is 18.2 Å². The molecule has 0 heterocycles. The maximum Gasteiger partial charge on any atom is 0.340 e. The number of benzene rings is 1. The third-order valence-electron chi connectivity index (χ3n) is 2.43. The van der Waals surface area contributed by atoms with Gasteiger partial charge in [0.15, 0.2) is 0 Å². The van der Waals surface area contributed by atoms with Gasteiger partial charge in [0.25, 0.3) is 0 Å². The number of hydrogen-bond acceptors (Lipinski definition) is 5. The number of esters is 1. The lowest BCUT2D eigenvalue weighted by Gasteiger charge is -2.07. The SMILES string of the molecule is COC(=O)c1ccc(CNCCNS(C)(=O)=O)cc1F. The maximum atomic E-state index is 13.6. The minimum atomic E-state index is -3.20. The number of ether oxygens (including phenoxy) is 1. The molecule has 20 heavy (non-hydrogen) atoms. The molecule has 0 fully saturated rings. The van der Waals surface area contributed by atoms with Crippen LogP contribution in [0.4, 0.5) is 4.39 Å². The summed E-state index contributed by atoms with van der Waals surface area (Å²) in [6.45, 7) is 1.03. The molecule has 6 nitrogen and oxygen atoms in total. The van der Waals surface area contributed by atoms with E-state index < -0.39 is 21.8 Å². The van der Waals surface area contributed by atoms with Crippen LogP contribution >= 0.6 is 0 Å². The number of carbonyl (C=O) groups is 1. The van der Waals surface area contributed by atoms with Crippen LogP contribution in [0.25, 0.3) is 0 Å². The second kappa shape index (κ2) is 7.32. The lowest BCUT2D eigenvalue weighted by atomic mass is 10.1. The Kier molecular flexibility index (Phi) is 6.05. The van der Waals surface area contributed by atoms with Gasteiger partial charge >= 0.3 is 5.97 Å². The summed E-state index contributed by atoms with van der Waals surface area (Å²) in [7, 11) is -2.01. The van der Waals surface area contributed by atoms with Gasteiger partial charge in [0.1, 0.15) is 5.82 Å². The van der Waals surface area contributed by atoms with E-state index in [1.807, 2.05) is 0 Å². The van der Waals surface area contributed by atoms with Gasteiger partial charge in [-0.15, -0.1) is 0 Å². The van der Waals surface area contributed by atoms with Crippen molar-refractivity contribution in [2.45, 2.75) is 6.54 Å². The molecule has 0 amide bonds. The lowest BCUT2D eigenvalue weighted by Crippen LogP contribution is -2.30. The molecule has 0 unspecified atom stereocenters. The van der Waals surface area contributed by atoms with Crippen LogP contribution in [-0.2, 0) is 21.3 Å². The second-order valence-electron chi connectivity index (χ2n) is 4.15. The molecule has 0 spiro atoms. The van der Waals surface area contributed by atoms with Crippen LogP contribution in [-0.4, -0.2) is 40.8 Å². The minimum Gasteiger partial charge on any atom is -0.465 e. The van der Waals surface area contributed by atoms with Crippen LogP contribution in [0.2, 0.25) is 0 Å². The monoisotopic (exact) mass is 304 g/mol. The molecule has 0 aromatic heterocycles. The molecule has 1 rings (SSSR count). The zero-order chi connectivity index (χ0) is 15.2. The Bertz CT molecular complexity index is 575. The predicted molar refractivity (Wildman–Crippen MR) is 72.3 cm³/mol. The Hall–Kier alpha value is -1.51. The Morgan fingerprint density at radius 3 is 2.60 bits per heavy atom. The summed E-state index contributed by atoms with van der Waals surface area (Å²) in [5.41, 5.74) is 0.532. The third kappa shape index (κ3) is 5.64. The zero-order valence-electron chi connectivity index (χ0n) is 11.3. The summed E-state index contributed by atoms with van der Waals surface area (Å²) in [4.78, 5) is 11.2. The van der Waals surface area contributed by atoms with Crippen molar-refractivity contribution in [3.63, 3.8) is 0 Å². The van der Waals surface area contributed by atoms with Crippen molar-refractivity contribution in [1.29, 1.82) is 0 Å². The lowest BCUT2D eigenvalue weighted by molar-refractivity contribution is 0.0595. The van der Waals surface area contributed by atoms with Gasteiger partial charge in [-0.05, 0) is 17.7 Å². The molecule has 0 atom stereocenters. The van der Waals surface area contributed by atoms with E-state index >= 15 is 0 Å². The van der Waals surface area contributed by atoms with Gasteiger partial charge in [-0.3, -0.25) is 0 Å². The molecule has 0 aliphatic heterocycles. The van der Waals surface area contributed by atoms with Crippen LogP contribution in [0.1, 0.15) is 15.9 Å². The predicted octanol–water partition coefficient (Wildman–Crippen LogP) is 0.251. The summed E-state index contributed by atoms with van der Waals surface area (Å²) in [6.07, 6.45) is 1.08. The quantitative estimate of drug-likeness (QED) is 0.557. The number of rotatable bonds is 7. The van der Waals surface area contributed by atoms with Gasteiger partial charge in [-0.1, -0.05) is 6.07 Å². The average molecular weight is 304 g/mol. The van der Waals surface area contributed by atoms with E-state index in [1.54, 1.807) is 6.07 Å². The molecule has 0 aliphatic rings. The molecule has 0 radical (unpaired) electrons. The van der Waals surface area contributed by atoms with E-state index in [2.05, 4.69) is 14.8 Å². The Morgan fingerprint density at radius 2 is 2.05 bits per heavy atom. The van der Waals surface area contributed by atoms with Crippen molar-refractivity contribution in [1.82, 2.24) is 10.0 Å². The Morgan fingerprint density at radius 1 is 1.35 bits per heavy atom. The molecule has 1 aromatic carbocycles. The number of nitrogens with one attached hydrogen (secondary N) is 2. The maximum absolute atomic E-state index is 13.6. The van der Waals surface area contributed by atoms with E-state index in [0.29, 0.717) is 18.7 Å². The van der Waals surface area contributed by atoms with E-state index in [-0.39, 0.29) is 12.1 Å². The number of methoxy groups -OCH3 is 1. The highest BCUT2D eigenvalue weighted by Gasteiger charge is 2.11. The molecule has 112 valence electrons. The van der Waals surface area contributed by atoms with Gasteiger partial charge in [-0.2, -0.15) is 0 Å². The van der Waals surface area contributed by atoms with Gasteiger partial charge in [0.2, 0.25) is 10.0 Å². The van der Waals surface area contributed by atoms with Crippen molar-refractivity contribution < 1.29 is 22.3 Å². The standard InChI is InChI=1S/C12H17FN2O4S/c1-19-12(16)10-4-3-9(7-11(10)13)8-14-5-6-15-20(2,17)18/h3-4,7,14-15H,5-6,8H2,1-2H3. The number of carbonyl (C=O) groups excluding carboxylic acids is 1. The van der Waals surface area contributed by atoms with Crippen molar-refractivity contribution in [2.75, 3.05) is 26.5 Å². The average Bonchev–Trinajstić information content (AvgIpc) is 2.36. The van der Waals surface area contributed by atoms with Crippen molar-refractivity contribution in [2.24, 2.45) is 0 Å². The first-order chi connectivity index (χ1) is 9.33. The largest absolute Gasteiger partial charge is 0.465 e. The summed E-state index contributed by atoms with van der Waals surface area (Å²) in [5.74, 6) is -1.37. The molecular weight excluding hydrogens is 287 g/mol. The van der Waals surface area contributed by atoms with E-state index in [4.69, 9.17) is 0 Å². The van der Waals surface area contributed by atoms with E-state index in [1.165, 1.54) is 19.2 Å². The van der Waals surface area contributed by atoms with E-state index in [0.717, 1.165) is 6.26 Å². The Labute approximate surface area is 117 Å². The first-order valence-corrected chi connectivity index (χ1v) is 7.74. The highest BCUT2D eigenvalue weighted by atomic mass is 32.2. The Balaban J connectivity index is 2.46. The normalized spacial score (nSPS) is 11.3. The zero-order valence-corrected chi connectivity index (χ0v) is 12.1. The second-order valence-corrected chi connectivity index (χ2v) is 5.98. The molecule has 2 N–H and O–H groups in total. The van der Waals surface area contributed by atoms with E-state index in [9.17, 15) is 17.6 Å². The first-order valence-electron chi connectivity index (χ1n) is 5.85. The number of sulfonamides is 1. The highest BCUT2D eigenvalue weighted by molar-refractivity contribution is 7.88. The fourth-order valence-electron chi connectivity index (χ4n) is 1.50. The van der Waals surface area contributed by atoms with Gasteiger partial charge in [0, 0.05) is 19.6 Å². The highest BCUT2D eigenvalue weighted by Crippen LogP contribution is 2.11. The topological polar surface area (TPSA) is 84.5 Å². The smallest absolute Gasteiger partial charge is 0.340 e.